The lowest BCUT2D eigenvalue weighted by atomic mass is 10.1. The molecule has 0 bridgehead atoms. The molecule has 0 aliphatic carbocycles. The molecular formula is C20H23NO3. The van der Waals surface area contributed by atoms with Crippen molar-refractivity contribution in [3.8, 4) is 0 Å². The van der Waals surface area contributed by atoms with Gasteiger partial charge in [-0.3, -0.25) is 4.79 Å². The molecule has 0 spiro atoms. The first-order valence-electron chi connectivity index (χ1n) is 7.98. The lowest BCUT2D eigenvalue weighted by Crippen LogP contribution is -2.47. The van der Waals surface area contributed by atoms with Crippen molar-refractivity contribution in [3.63, 3.8) is 0 Å². The van der Waals surface area contributed by atoms with Crippen LogP contribution in [-0.4, -0.2) is 22.5 Å². The number of hydrogen-bond donors (Lipinski definition) is 0. The summed E-state index contributed by atoms with van der Waals surface area (Å²) in [5, 5.41) is 1.19. The van der Waals surface area contributed by atoms with Crippen molar-refractivity contribution in [1.82, 2.24) is 5.06 Å². The molecule has 0 fully saturated rings. The summed E-state index contributed by atoms with van der Waals surface area (Å²) in [6.45, 7) is 5.52. The van der Waals surface area contributed by atoms with Gasteiger partial charge >= 0.3 is 5.97 Å². The Kier molecular flexibility index (Phi) is 5.74. The van der Waals surface area contributed by atoms with Gasteiger partial charge in [-0.05, 0) is 31.9 Å². The fourth-order valence-corrected chi connectivity index (χ4v) is 2.30. The number of nitrogens with zero attached hydrogens (tertiary/aromatic N) is 1. The Labute approximate surface area is 143 Å². The first-order valence-corrected chi connectivity index (χ1v) is 7.98. The monoisotopic (exact) mass is 325 g/mol. The van der Waals surface area contributed by atoms with Gasteiger partial charge in [0.1, 0.15) is 0 Å². The molecule has 0 radical (unpaired) electrons. The van der Waals surface area contributed by atoms with E-state index in [1.807, 2.05) is 81.4 Å². The minimum atomic E-state index is -0.613. The van der Waals surface area contributed by atoms with E-state index >= 15 is 0 Å². The second-order valence-corrected chi connectivity index (χ2v) is 6.65. The topological polar surface area (TPSA) is 46.6 Å². The molecule has 0 saturated carbocycles. The molecule has 2 aromatic carbocycles. The maximum atomic E-state index is 12.6. The van der Waals surface area contributed by atoms with Crippen LogP contribution >= 0.6 is 0 Å². The number of amides is 1. The highest BCUT2D eigenvalue weighted by atomic mass is 16.7. The SMILES string of the molecule is CC(C)(C)N(OC(=O)Cc1ccccc1)C(=O)Cc1ccccc1. The molecule has 0 N–H and O–H groups in total. The third-order valence-corrected chi connectivity index (χ3v) is 3.42. The summed E-state index contributed by atoms with van der Waals surface area (Å²) in [5.41, 5.74) is 1.13. The molecule has 24 heavy (non-hydrogen) atoms. The number of benzene rings is 2. The van der Waals surface area contributed by atoms with Gasteiger partial charge in [-0.15, -0.1) is 0 Å². The van der Waals surface area contributed by atoms with E-state index < -0.39 is 11.5 Å². The predicted molar refractivity (Wildman–Crippen MR) is 93.0 cm³/mol. The van der Waals surface area contributed by atoms with Crippen LogP contribution < -0.4 is 0 Å². The summed E-state index contributed by atoms with van der Waals surface area (Å²) < 4.78 is 0. The molecule has 0 aliphatic heterocycles. The van der Waals surface area contributed by atoms with E-state index in [1.165, 1.54) is 5.06 Å². The Morgan fingerprint density at radius 2 is 1.29 bits per heavy atom. The number of carbonyl (C=O) groups excluding carboxylic acids is 2. The van der Waals surface area contributed by atoms with Crippen molar-refractivity contribution in [1.29, 1.82) is 0 Å². The molecule has 0 unspecified atom stereocenters. The molecule has 1 amide bonds. The Bertz CT molecular complexity index is 675. The zero-order valence-corrected chi connectivity index (χ0v) is 14.4. The van der Waals surface area contributed by atoms with Gasteiger partial charge in [0.2, 0.25) is 0 Å². The number of hydroxylamine groups is 2. The zero-order valence-electron chi connectivity index (χ0n) is 14.4. The summed E-state index contributed by atoms with van der Waals surface area (Å²) in [4.78, 5) is 30.2. The molecule has 0 atom stereocenters. The highest BCUT2D eigenvalue weighted by Crippen LogP contribution is 2.17. The molecule has 4 nitrogen and oxygen atoms in total. The summed E-state index contributed by atoms with van der Waals surface area (Å²) >= 11 is 0. The Morgan fingerprint density at radius 1 is 0.833 bits per heavy atom. The zero-order chi connectivity index (χ0) is 17.6. The van der Waals surface area contributed by atoms with Gasteiger partial charge in [-0.1, -0.05) is 60.7 Å². The largest absolute Gasteiger partial charge is 0.337 e. The van der Waals surface area contributed by atoms with Crippen LogP contribution in [-0.2, 0) is 27.3 Å². The van der Waals surface area contributed by atoms with Crippen LogP contribution in [0, 0.1) is 0 Å². The van der Waals surface area contributed by atoms with Crippen molar-refractivity contribution < 1.29 is 14.4 Å². The van der Waals surface area contributed by atoms with Crippen LogP contribution in [0.2, 0.25) is 0 Å². The van der Waals surface area contributed by atoms with Crippen LogP contribution in [0.15, 0.2) is 60.7 Å². The minimum absolute atomic E-state index is 0.131. The van der Waals surface area contributed by atoms with E-state index in [0.717, 1.165) is 11.1 Å². The Balaban J connectivity index is 2.05. The fraction of sp³-hybridized carbons (Fsp3) is 0.300. The lowest BCUT2D eigenvalue weighted by molar-refractivity contribution is -0.216. The highest BCUT2D eigenvalue weighted by molar-refractivity contribution is 5.81. The van der Waals surface area contributed by atoms with Crippen molar-refractivity contribution in [2.75, 3.05) is 0 Å². The first kappa shape index (κ1) is 17.7. The van der Waals surface area contributed by atoms with Crippen LogP contribution in [0.25, 0.3) is 0 Å². The van der Waals surface area contributed by atoms with Crippen molar-refractivity contribution in [2.45, 2.75) is 39.2 Å². The van der Waals surface area contributed by atoms with E-state index in [1.54, 1.807) is 0 Å². The summed E-state index contributed by atoms with van der Waals surface area (Å²) in [6, 6.07) is 18.7. The number of carbonyl (C=O) groups is 2. The minimum Gasteiger partial charge on any atom is -0.337 e. The first-order chi connectivity index (χ1) is 11.4. The fourth-order valence-electron chi connectivity index (χ4n) is 2.30. The summed E-state index contributed by atoms with van der Waals surface area (Å²) in [7, 11) is 0. The van der Waals surface area contributed by atoms with Gasteiger partial charge in [0.05, 0.1) is 18.4 Å². The lowest BCUT2D eigenvalue weighted by Gasteiger charge is -2.33. The van der Waals surface area contributed by atoms with Gasteiger partial charge in [0.15, 0.2) is 0 Å². The van der Waals surface area contributed by atoms with Crippen LogP contribution in [0.4, 0.5) is 0 Å². The third kappa shape index (κ3) is 5.23. The van der Waals surface area contributed by atoms with Gasteiger partial charge in [0, 0.05) is 0 Å². The Morgan fingerprint density at radius 3 is 1.75 bits per heavy atom. The molecule has 0 saturated heterocycles. The number of rotatable bonds is 4. The normalized spacial score (nSPS) is 11.0. The van der Waals surface area contributed by atoms with E-state index in [4.69, 9.17) is 4.84 Å². The van der Waals surface area contributed by atoms with Gasteiger partial charge in [-0.2, -0.15) is 5.06 Å². The standard InChI is InChI=1S/C20H23NO3/c1-20(2,3)21(18(22)14-16-10-6-4-7-11-16)24-19(23)15-17-12-8-5-9-13-17/h4-13H,14-15H2,1-3H3. The molecule has 2 rings (SSSR count). The maximum absolute atomic E-state index is 12.6. The van der Waals surface area contributed by atoms with Gasteiger partial charge in [-0.25, -0.2) is 4.79 Å². The smallest absolute Gasteiger partial charge is 0.336 e. The Hall–Kier alpha value is -2.62. The average Bonchev–Trinajstić information content (AvgIpc) is 2.53. The average molecular weight is 325 g/mol. The van der Waals surface area contributed by atoms with Gasteiger partial charge < -0.3 is 4.84 Å². The molecule has 126 valence electrons. The van der Waals surface area contributed by atoms with E-state index in [-0.39, 0.29) is 18.7 Å². The van der Waals surface area contributed by atoms with Gasteiger partial charge in [0.25, 0.3) is 5.91 Å². The summed E-state index contributed by atoms with van der Waals surface area (Å²) in [6.07, 6.45) is 0.322. The molecule has 2 aromatic rings. The molecule has 0 heterocycles. The maximum Gasteiger partial charge on any atom is 0.336 e. The third-order valence-electron chi connectivity index (χ3n) is 3.42. The molecule has 0 aromatic heterocycles. The van der Waals surface area contributed by atoms with Crippen molar-refractivity contribution >= 4 is 11.9 Å². The molecule has 4 heteroatoms. The molecular weight excluding hydrogens is 302 g/mol. The van der Waals surface area contributed by atoms with Crippen molar-refractivity contribution in [3.05, 3.63) is 71.8 Å². The summed E-state index contributed by atoms with van der Waals surface area (Å²) in [5.74, 6) is -0.687. The second kappa shape index (κ2) is 7.77. The predicted octanol–water partition coefficient (Wildman–Crippen LogP) is 3.56. The van der Waals surface area contributed by atoms with Crippen LogP contribution in [0.3, 0.4) is 0 Å². The highest BCUT2D eigenvalue weighted by Gasteiger charge is 2.30. The van der Waals surface area contributed by atoms with E-state index in [9.17, 15) is 9.59 Å². The molecule has 0 aliphatic rings. The van der Waals surface area contributed by atoms with E-state index in [2.05, 4.69) is 0 Å². The van der Waals surface area contributed by atoms with Crippen molar-refractivity contribution in [2.24, 2.45) is 0 Å². The van der Waals surface area contributed by atoms with Crippen LogP contribution in [0.1, 0.15) is 31.9 Å². The second-order valence-electron chi connectivity index (χ2n) is 6.65. The van der Waals surface area contributed by atoms with Crippen LogP contribution in [0.5, 0.6) is 0 Å². The number of hydrogen-bond acceptors (Lipinski definition) is 3. The van der Waals surface area contributed by atoms with E-state index in [0.29, 0.717) is 0 Å². The quantitative estimate of drug-likeness (QED) is 0.808.